The van der Waals surface area contributed by atoms with Gasteiger partial charge in [-0.15, -0.1) is 0 Å². The number of unbranched alkanes of at least 4 members (excludes halogenated alkanes) is 1. The van der Waals surface area contributed by atoms with Crippen LogP contribution in [0, 0.1) is 0 Å². The van der Waals surface area contributed by atoms with Crippen molar-refractivity contribution in [2.45, 2.75) is 39.0 Å². The first kappa shape index (κ1) is 16.2. The van der Waals surface area contributed by atoms with Crippen molar-refractivity contribution in [2.75, 3.05) is 13.7 Å². The van der Waals surface area contributed by atoms with Gasteiger partial charge in [0.1, 0.15) is 11.5 Å². The number of carbonyl (C=O) groups is 2. The second-order valence-corrected chi connectivity index (χ2v) is 4.58. The van der Waals surface area contributed by atoms with Crippen LogP contribution >= 0.6 is 0 Å². The average molecular weight is 278 g/mol. The second kappa shape index (κ2) is 9.13. The molecule has 1 aromatic carbocycles. The maximum atomic E-state index is 11.8. The Kier molecular flexibility index (Phi) is 7.40. The number of hydrogen-bond acceptors (Lipinski definition) is 4. The van der Waals surface area contributed by atoms with Crippen LogP contribution in [-0.2, 0) is 20.7 Å². The predicted molar refractivity (Wildman–Crippen MR) is 76.8 cm³/mol. The van der Waals surface area contributed by atoms with Gasteiger partial charge >= 0.3 is 5.97 Å². The summed E-state index contributed by atoms with van der Waals surface area (Å²) in [5, 5.41) is 0. The molecule has 0 bridgehead atoms. The lowest BCUT2D eigenvalue weighted by Crippen LogP contribution is -2.05. The topological polar surface area (TPSA) is 52.6 Å². The zero-order chi connectivity index (χ0) is 14.8. The first-order chi connectivity index (χ1) is 9.65. The monoisotopic (exact) mass is 278 g/mol. The quantitative estimate of drug-likeness (QED) is 0.515. The molecule has 0 fully saturated rings. The highest BCUT2D eigenvalue weighted by atomic mass is 16.5. The fourth-order valence-corrected chi connectivity index (χ4v) is 1.88. The van der Waals surface area contributed by atoms with Crippen LogP contribution in [0.3, 0.4) is 0 Å². The molecule has 0 spiro atoms. The summed E-state index contributed by atoms with van der Waals surface area (Å²) in [7, 11) is 1.61. The molecule has 0 aromatic heterocycles. The van der Waals surface area contributed by atoms with Gasteiger partial charge in [-0.2, -0.15) is 0 Å². The van der Waals surface area contributed by atoms with Gasteiger partial charge in [-0.1, -0.05) is 12.1 Å². The summed E-state index contributed by atoms with van der Waals surface area (Å²) in [5.41, 5.74) is 0.987. The molecule has 110 valence electrons. The van der Waals surface area contributed by atoms with Crippen LogP contribution < -0.4 is 4.74 Å². The zero-order valence-electron chi connectivity index (χ0n) is 12.2. The van der Waals surface area contributed by atoms with E-state index in [4.69, 9.17) is 9.47 Å². The van der Waals surface area contributed by atoms with Gasteiger partial charge in [0.25, 0.3) is 0 Å². The number of hydrogen-bond donors (Lipinski definition) is 0. The van der Waals surface area contributed by atoms with E-state index in [1.165, 1.54) is 0 Å². The number of esters is 1. The van der Waals surface area contributed by atoms with Crippen molar-refractivity contribution < 1.29 is 19.1 Å². The van der Waals surface area contributed by atoms with Crippen LogP contribution in [0.25, 0.3) is 0 Å². The van der Waals surface area contributed by atoms with Gasteiger partial charge in [-0.25, -0.2) is 0 Å². The van der Waals surface area contributed by atoms with Crippen molar-refractivity contribution >= 4 is 11.8 Å². The van der Waals surface area contributed by atoms with E-state index in [0.29, 0.717) is 32.3 Å². The summed E-state index contributed by atoms with van der Waals surface area (Å²) in [6.07, 6.45) is 2.76. The van der Waals surface area contributed by atoms with Gasteiger partial charge in [0.05, 0.1) is 13.7 Å². The fraction of sp³-hybridized carbons (Fsp3) is 0.500. The maximum Gasteiger partial charge on any atom is 0.305 e. The molecule has 0 aliphatic carbocycles. The van der Waals surface area contributed by atoms with Crippen LogP contribution in [-0.4, -0.2) is 25.5 Å². The lowest BCUT2D eigenvalue weighted by Gasteiger charge is -2.04. The number of ether oxygens (including phenoxy) is 2. The van der Waals surface area contributed by atoms with Crippen LogP contribution in [0.4, 0.5) is 0 Å². The van der Waals surface area contributed by atoms with Gasteiger partial charge in [0, 0.05) is 19.3 Å². The minimum atomic E-state index is -0.185. The third-order valence-electron chi connectivity index (χ3n) is 2.95. The summed E-state index contributed by atoms with van der Waals surface area (Å²) in [4.78, 5) is 22.9. The summed E-state index contributed by atoms with van der Waals surface area (Å²) in [5.74, 6) is 0.796. The molecule has 0 amide bonds. The van der Waals surface area contributed by atoms with E-state index in [0.717, 1.165) is 17.7 Å². The molecule has 1 aromatic rings. The highest BCUT2D eigenvalue weighted by Crippen LogP contribution is 2.13. The van der Waals surface area contributed by atoms with Crippen LogP contribution in [0.5, 0.6) is 5.75 Å². The van der Waals surface area contributed by atoms with Crippen molar-refractivity contribution in [1.82, 2.24) is 0 Å². The van der Waals surface area contributed by atoms with Gasteiger partial charge in [-0.3, -0.25) is 9.59 Å². The fourth-order valence-electron chi connectivity index (χ4n) is 1.88. The normalized spacial score (nSPS) is 10.1. The number of rotatable bonds is 9. The molecule has 0 saturated heterocycles. The Balaban J connectivity index is 2.21. The van der Waals surface area contributed by atoms with Crippen LogP contribution in [0.15, 0.2) is 24.3 Å². The number of methoxy groups -OCH3 is 1. The van der Waals surface area contributed by atoms with E-state index in [1.54, 1.807) is 14.0 Å². The van der Waals surface area contributed by atoms with Crippen molar-refractivity contribution in [1.29, 1.82) is 0 Å². The Morgan fingerprint density at radius 1 is 1.05 bits per heavy atom. The Labute approximate surface area is 120 Å². The molecule has 20 heavy (non-hydrogen) atoms. The molecule has 1 rings (SSSR count). The van der Waals surface area contributed by atoms with Crippen LogP contribution in [0.2, 0.25) is 0 Å². The maximum absolute atomic E-state index is 11.8. The minimum absolute atomic E-state index is 0.185. The molecule has 0 atom stereocenters. The summed E-state index contributed by atoms with van der Waals surface area (Å²) < 4.78 is 9.90. The summed E-state index contributed by atoms with van der Waals surface area (Å²) >= 11 is 0. The smallest absolute Gasteiger partial charge is 0.305 e. The molecule has 0 N–H and O–H groups in total. The van der Waals surface area contributed by atoms with Crippen LogP contribution in [0.1, 0.15) is 38.2 Å². The number of ketones is 1. The van der Waals surface area contributed by atoms with E-state index in [2.05, 4.69) is 0 Å². The molecular weight excluding hydrogens is 256 g/mol. The highest BCUT2D eigenvalue weighted by molar-refractivity contribution is 5.80. The predicted octanol–water partition coefficient (Wildman–Crippen LogP) is 2.93. The van der Waals surface area contributed by atoms with E-state index in [-0.39, 0.29) is 11.8 Å². The molecule has 0 radical (unpaired) electrons. The molecule has 0 saturated carbocycles. The summed E-state index contributed by atoms with van der Waals surface area (Å²) in [6, 6.07) is 7.50. The number of Topliss-reactive ketones (excluding diaryl/α,β-unsaturated/α-hetero) is 1. The highest BCUT2D eigenvalue weighted by Gasteiger charge is 2.06. The Bertz CT molecular complexity index is 423. The van der Waals surface area contributed by atoms with Crippen molar-refractivity contribution in [3.8, 4) is 5.75 Å². The first-order valence-corrected chi connectivity index (χ1v) is 6.96. The minimum Gasteiger partial charge on any atom is -0.497 e. The van der Waals surface area contributed by atoms with E-state index in [9.17, 15) is 9.59 Å². The van der Waals surface area contributed by atoms with Crippen molar-refractivity contribution in [3.05, 3.63) is 29.8 Å². The van der Waals surface area contributed by atoms with Gasteiger partial charge in [0.15, 0.2) is 0 Å². The molecule has 0 heterocycles. The average Bonchev–Trinajstić information content (AvgIpc) is 2.45. The molecule has 4 nitrogen and oxygen atoms in total. The Hall–Kier alpha value is -1.84. The third kappa shape index (κ3) is 6.36. The summed E-state index contributed by atoms with van der Waals surface area (Å²) in [6.45, 7) is 2.20. The van der Waals surface area contributed by atoms with E-state index >= 15 is 0 Å². The molecule has 0 aliphatic heterocycles. The first-order valence-electron chi connectivity index (χ1n) is 6.96. The number of benzene rings is 1. The van der Waals surface area contributed by atoms with Gasteiger partial charge < -0.3 is 9.47 Å². The zero-order valence-corrected chi connectivity index (χ0v) is 12.2. The standard InChI is InChI=1S/C16H22O4/c1-3-20-16(18)7-5-4-6-14(17)12-13-8-10-15(19-2)11-9-13/h8-11H,3-7,12H2,1-2H3. The van der Waals surface area contributed by atoms with Gasteiger partial charge in [0.2, 0.25) is 0 Å². The second-order valence-electron chi connectivity index (χ2n) is 4.58. The van der Waals surface area contributed by atoms with Gasteiger partial charge in [-0.05, 0) is 37.5 Å². The van der Waals surface area contributed by atoms with E-state index < -0.39 is 0 Å². The number of carbonyl (C=O) groups excluding carboxylic acids is 2. The SMILES string of the molecule is CCOC(=O)CCCCC(=O)Cc1ccc(OC)cc1. The van der Waals surface area contributed by atoms with E-state index in [1.807, 2.05) is 24.3 Å². The third-order valence-corrected chi connectivity index (χ3v) is 2.95. The molecule has 4 heteroatoms. The molecule has 0 unspecified atom stereocenters. The Morgan fingerprint density at radius 2 is 1.70 bits per heavy atom. The Morgan fingerprint density at radius 3 is 2.30 bits per heavy atom. The van der Waals surface area contributed by atoms with Crippen molar-refractivity contribution in [3.63, 3.8) is 0 Å². The molecule has 0 aliphatic rings. The lowest BCUT2D eigenvalue weighted by molar-refractivity contribution is -0.143. The lowest BCUT2D eigenvalue weighted by atomic mass is 10.0. The van der Waals surface area contributed by atoms with Crippen molar-refractivity contribution in [2.24, 2.45) is 0 Å². The largest absolute Gasteiger partial charge is 0.497 e. The molecular formula is C16H22O4.